The van der Waals surface area contributed by atoms with Gasteiger partial charge in [-0.2, -0.15) is 30.9 Å². The van der Waals surface area contributed by atoms with E-state index in [2.05, 4.69) is 15.1 Å². The quantitative estimate of drug-likeness (QED) is 0.589. The molecule has 10 heteroatoms. The number of nitrogens with zero attached hydrogens (tertiary/aromatic N) is 4. The van der Waals surface area contributed by atoms with Gasteiger partial charge in [0.1, 0.15) is 11.5 Å². The molecule has 0 amide bonds. The number of alkyl halides is 5. The first-order chi connectivity index (χ1) is 8.13. The van der Waals surface area contributed by atoms with Crippen LogP contribution in [0.5, 0.6) is 0 Å². The first-order valence-electron chi connectivity index (χ1n) is 4.48. The van der Waals surface area contributed by atoms with Gasteiger partial charge in [0, 0.05) is 6.07 Å². The molecule has 2 heterocycles. The second-order valence-corrected chi connectivity index (χ2v) is 3.41. The number of aryl methyl sites for hydroxylation is 1. The maximum absolute atomic E-state index is 13.2. The van der Waals surface area contributed by atoms with Crippen molar-refractivity contribution in [3.63, 3.8) is 0 Å². The predicted molar refractivity (Wildman–Crippen MR) is 45.4 cm³/mol. The Morgan fingerprint density at radius 1 is 1.11 bits per heavy atom. The van der Waals surface area contributed by atoms with Crippen LogP contribution in [0.25, 0.3) is 5.65 Å². The summed E-state index contributed by atoms with van der Waals surface area (Å²) in [6.45, 7) is 1.33. The average molecular weight is 270 g/mol. The molecule has 0 bridgehead atoms. The Balaban J connectivity index is 2.66. The molecule has 0 radical (unpaired) electrons. The van der Waals surface area contributed by atoms with Crippen molar-refractivity contribution in [2.75, 3.05) is 0 Å². The molecule has 0 saturated heterocycles. The Labute approximate surface area is 95.3 Å². The molecule has 0 fully saturated rings. The van der Waals surface area contributed by atoms with Crippen LogP contribution in [0.15, 0.2) is 6.07 Å². The molecule has 0 aliphatic heterocycles. The van der Waals surface area contributed by atoms with Crippen LogP contribution in [0.3, 0.4) is 0 Å². The Morgan fingerprint density at radius 3 is 2.28 bits per heavy atom. The summed E-state index contributed by atoms with van der Waals surface area (Å²) >= 11 is 0. The Kier molecular flexibility index (Phi) is 2.49. The summed E-state index contributed by atoms with van der Waals surface area (Å²) in [6.07, 6.45) is -7.45. The molecular weight excluding hydrogens is 266 g/mol. The van der Waals surface area contributed by atoms with Gasteiger partial charge in [0.15, 0.2) is 5.65 Å². The highest BCUT2D eigenvalue weighted by Gasteiger charge is 2.60. The first-order valence-corrected chi connectivity index (χ1v) is 4.48. The van der Waals surface area contributed by atoms with E-state index in [0.717, 1.165) is 0 Å². The van der Waals surface area contributed by atoms with Gasteiger partial charge in [-0.1, -0.05) is 0 Å². The van der Waals surface area contributed by atoms with Crippen LogP contribution in [0.1, 0.15) is 11.5 Å². The maximum atomic E-state index is 13.2. The summed E-state index contributed by atoms with van der Waals surface area (Å²) in [4.78, 5) is 6.08. The number of hydrogen-bond acceptors (Lipinski definition) is 3. The molecular formula is C8H4F6N4. The average Bonchev–Trinajstić information content (AvgIpc) is 2.57. The molecule has 2 aromatic rings. The highest BCUT2D eigenvalue weighted by Crippen LogP contribution is 2.43. The van der Waals surface area contributed by atoms with E-state index in [0.29, 0.717) is 10.6 Å². The van der Waals surface area contributed by atoms with E-state index in [4.69, 9.17) is 0 Å². The van der Waals surface area contributed by atoms with Gasteiger partial charge in [0.2, 0.25) is 0 Å². The Morgan fingerprint density at radius 2 is 1.72 bits per heavy atom. The lowest BCUT2D eigenvalue weighted by molar-refractivity contribution is -0.291. The van der Waals surface area contributed by atoms with E-state index in [1.54, 1.807) is 0 Å². The number of halogens is 6. The van der Waals surface area contributed by atoms with Crippen LogP contribution in [-0.4, -0.2) is 25.8 Å². The minimum Gasteiger partial charge on any atom is -0.212 e. The van der Waals surface area contributed by atoms with Crippen LogP contribution in [0.4, 0.5) is 26.3 Å². The van der Waals surface area contributed by atoms with Gasteiger partial charge < -0.3 is 0 Å². The summed E-state index contributed by atoms with van der Waals surface area (Å²) in [6, 6.07) is 0.344. The largest absolute Gasteiger partial charge is 0.459 e. The van der Waals surface area contributed by atoms with Crippen LogP contribution in [0.2, 0.25) is 0 Å². The zero-order valence-electron chi connectivity index (χ0n) is 8.63. The summed E-state index contributed by atoms with van der Waals surface area (Å²) in [7, 11) is 0. The minimum atomic E-state index is -5.86. The molecule has 0 aliphatic rings. The summed E-state index contributed by atoms with van der Waals surface area (Å²) in [5.74, 6) is -5.24. The van der Waals surface area contributed by atoms with Crippen molar-refractivity contribution in [1.29, 1.82) is 0 Å². The van der Waals surface area contributed by atoms with E-state index >= 15 is 0 Å². The molecule has 4 nitrogen and oxygen atoms in total. The highest BCUT2D eigenvalue weighted by atomic mass is 19.4. The Hall–Kier alpha value is -1.87. The molecule has 0 aromatic carbocycles. The number of hydrogen-bond donors (Lipinski definition) is 0. The van der Waals surface area contributed by atoms with Crippen LogP contribution < -0.4 is 0 Å². The van der Waals surface area contributed by atoms with Crippen molar-refractivity contribution >= 4 is 5.65 Å². The lowest BCUT2D eigenvalue weighted by Crippen LogP contribution is -2.35. The number of rotatable bonds is 1. The second-order valence-electron chi connectivity index (χ2n) is 3.41. The summed E-state index contributed by atoms with van der Waals surface area (Å²) in [5, 5.41) is 3.44. The van der Waals surface area contributed by atoms with Crippen LogP contribution in [0, 0.1) is 13.0 Å². The molecule has 0 unspecified atom stereocenters. The smallest absolute Gasteiger partial charge is 0.212 e. The van der Waals surface area contributed by atoms with Crippen LogP contribution in [-0.2, 0) is 5.92 Å². The third kappa shape index (κ3) is 1.77. The SMILES string of the molecule is Cc1nc2cc(C(F)(F)C(F)(F)F)nc(F)n2n1. The molecule has 0 spiro atoms. The zero-order valence-corrected chi connectivity index (χ0v) is 8.63. The fourth-order valence-electron chi connectivity index (χ4n) is 1.27. The fourth-order valence-corrected chi connectivity index (χ4v) is 1.27. The Bertz CT molecular complexity index is 601. The van der Waals surface area contributed by atoms with Crippen molar-refractivity contribution in [3.05, 3.63) is 23.7 Å². The maximum Gasteiger partial charge on any atom is 0.459 e. The van der Waals surface area contributed by atoms with E-state index in [-0.39, 0.29) is 5.82 Å². The second kappa shape index (κ2) is 3.56. The molecule has 2 rings (SSSR count). The van der Waals surface area contributed by atoms with E-state index in [1.807, 2.05) is 0 Å². The van der Waals surface area contributed by atoms with Crippen molar-refractivity contribution in [3.8, 4) is 0 Å². The van der Waals surface area contributed by atoms with Gasteiger partial charge in [-0.05, 0) is 6.92 Å². The van der Waals surface area contributed by atoms with Crippen molar-refractivity contribution in [2.24, 2.45) is 0 Å². The zero-order chi connectivity index (χ0) is 13.7. The lowest BCUT2D eigenvalue weighted by atomic mass is 10.2. The van der Waals surface area contributed by atoms with E-state index < -0.39 is 29.5 Å². The van der Waals surface area contributed by atoms with Crippen molar-refractivity contribution in [2.45, 2.75) is 19.0 Å². The third-order valence-corrected chi connectivity index (χ3v) is 2.07. The monoisotopic (exact) mass is 270 g/mol. The molecule has 0 aliphatic carbocycles. The molecule has 2 aromatic heterocycles. The predicted octanol–water partition coefficient (Wildman–Crippen LogP) is 2.23. The van der Waals surface area contributed by atoms with E-state index in [1.165, 1.54) is 6.92 Å². The van der Waals surface area contributed by atoms with Crippen molar-refractivity contribution < 1.29 is 26.3 Å². The standard InChI is InChI=1S/C8H4F6N4/c1-3-15-5-2-4(7(10,11)8(12,13)14)16-6(9)18(5)17-3/h2H,1H3. The van der Waals surface area contributed by atoms with Gasteiger partial charge in [0.25, 0.3) is 0 Å². The highest BCUT2D eigenvalue weighted by molar-refractivity contribution is 5.39. The number of aromatic nitrogens is 4. The van der Waals surface area contributed by atoms with Crippen LogP contribution >= 0.6 is 0 Å². The molecule has 0 atom stereocenters. The van der Waals surface area contributed by atoms with Gasteiger partial charge in [-0.15, -0.1) is 5.10 Å². The van der Waals surface area contributed by atoms with Gasteiger partial charge >= 0.3 is 18.2 Å². The molecule has 0 N–H and O–H groups in total. The molecule has 0 saturated carbocycles. The normalized spacial score (nSPS) is 13.3. The summed E-state index contributed by atoms with van der Waals surface area (Å²) in [5.41, 5.74) is -2.23. The fraction of sp³-hybridized carbons (Fsp3) is 0.375. The molecule has 18 heavy (non-hydrogen) atoms. The van der Waals surface area contributed by atoms with Gasteiger partial charge in [-0.25, -0.2) is 9.97 Å². The number of fused-ring (bicyclic) bond motifs is 1. The first kappa shape index (κ1) is 12.6. The van der Waals surface area contributed by atoms with Gasteiger partial charge in [0.05, 0.1) is 0 Å². The third-order valence-electron chi connectivity index (χ3n) is 2.07. The molecule has 98 valence electrons. The topological polar surface area (TPSA) is 43.1 Å². The van der Waals surface area contributed by atoms with E-state index in [9.17, 15) is 26.3 Å². The lowest BCUT2D eigenvalue weighted by Gasteiger charge is -2.18. The van der Waals surface area contributed by atoms with Gasteiger partial charge in [-0.3, -0.25) is 0 Å². The van der Waals surface area contributed by atoms with Crippen molar-refractivity contribution in [1.82, 2.24) is 19.6 Å². The summed E-state index contributed by atoms with van der Waals surface area (Å²) < 4.78 is 75.9. The minimum absolute atomic E-state index is 0.0168.